The Morgan fingerprint density at radius 2 is 2.27 bits per heavy atom. The quantitative estimate of drug-likeness (QED) is 0.559. The molecule has 0 fully saturated rings. The lowest BCUT2D eigenvalue weighted by atomic mass is 10.3. The highest BCUT2D eigenvalue weighted by atomic mass is 19.3. The van der Waals surface area contributed by atoms with E-state index in [4.69, 9.17) is 4.74 Å². The summed E-state index contributed by atoms with van der Waals surface area (Å²) in [7, 11) is 0. The number of halogens is 1. The van der Waals surface area contributed by atoms with E-state index in [0.29, 0.717) is 6.42 Å². The molecule has 0 aliphatic heterocycles. The van der Waals surface area contributed by atoms with Crippen LogP contribution in [0.3, 0.4) is 0 Å². The fourth-order valence-electron chi connectivity index (χ4n) is 0.671. The van der Waals surface area contributed by atoms with Gasteiger partial charge in [0.1, 0.15) is 6.26 Å². The largest absolute Gasteiger partial charge is 0.378 e. The normalized spacial score (nSPS) is 13.7. The Morgan fingerprint density at radius 3 is 2.82 bits per heavy atom. The summed E-state index contributed by atoms with van der Waals surface area (Å²) in [6, 6.07) is 0. The summed E-state index contributed by atoms with van der Waals surface area (Å²) in [6.07, 6.45) is 4.45. The molecule has 0 saturated carbocycles. The van der Waals surface area contributed by atoms with Crippen LogP contribution in [0.1, 0.15) is 26.7 Å². The SMILES string of the molecule is CCCOC(C)CC=COF. The van der Waals surface area contributed by atoms with Crippen LogP contribution in [0.25, 0.3) is 0 Å². The van der Waals surface area contributed by atoms with Gasteiger partial charge in [0.15, 0.2) is 0 Å². The van der Waals surface area contributed by atoms with Gasteiger partial charge in [-0.15, -0.1) is 0 Å². The molecule has 0 N–H and O–H groups in total. The molecule has 0 rings (SSSR count). The molecular weight excluding hydrogens is 147 g/mol. The Morgan fingerprint density at radius 1 is 1.55 bits per heavy atom. The molecule has 3 heteroatoms. The van der Waals surface area contributed by atoms with Crippen molar-refractivity contribution in [3.05, 3.63) is 12.3 Å². The number of hydrogen-bond acceptors (Lipinski definition) is 2. The van der Waals surface area contributed by atoms with Gasteiger partial charge in [-0.25, -0.2) is 0 Å². The summed E-state index contributed by atoms with van der Waals surface area (Å²) in [5.74, 6) is 0. The van der Waals surface area contributed by atoms with Crippen molar-refractivity contribution in [2.45, 2.75) is 32.8 Å². The average molecular weight is 162 g/mol. The highest BCUT2D eigenvalue weighted by molar-refractivity contribution is 4.75. The zero-order valence-electron chi connectivity index (χ0n) is 7.05. The van der Waals surface area contributed by atoms with Gasteiger partial charge in [-0.1, -0.05) is 6.92 Å². The smallest absolute Gasteiger partial charge is 0.132 e. The van der Waals surface area contributed by atoms with Gasteiger partial charge in [-0.05, 0) is 25.8 Å². The van der Waals surface area contributed by atoms with Gasteiger partial charge in [0, 0.05) is 11.1 Å². The maximum atomic E-state index is 11.1. The van der Waals surface area contributed by atoms with E-state index < -0.39 is 0 Å². The summed E-state index contributed by atoms with van der Waals surface area (Å²) >= 11 is 0. The molecule has 11 heavy (non-hydrogen) atoms. The molecule has 0 heterocycles. The summed E-state index contributed by atoms with van der Waals surface area (Å²) in [5, 5.41) is 0. The third-order valence-corrected chi connectivity index (χ3v) is 1.22. The van der Waals surface area contributed by atoms with Crippen LogP contribution in [0.5, 0.6) is 0 Å². The molecule has 0 saturated heterocycles. The predicted octanol–water partition coefficient (Wildman–Crippen LogP) is 2.61. The monoisotopic (exact) mass is 162 g/mol. The predicted molar refractivity (Wildman–Crippen MR) is 41.7 cm³/mol. The van der Waals surface area contributed by atoms with Gasteiger partial charge in [0.2, 0.25) is 0 Å². The zero-order valence-corrected chi connectivity index (χ0v) is 7.05. The zero-order chi connectivity index (χ0) is 8.53. The van der Waals surface area contributed by atoms with E-state index in [2.05, 4.69) is 4.94 Å². The number of hydrogen-bond donors (Lipinski definition) is 0. The van der Waals surface area contributed by atoms with Crippen molar-refractivity contribution in [3.63, 3.8) is 0 Å². The highest BCUT2D eigenvalue weighted by Gasteiger charge is 1.96. The van der Waals surface area contributed by atoms with E-state index in [-0.39, 0.29) is 6.10 Å². The van der Waals surface area contributed by atoms with Crippen LogP contribution in [0.2, 0.25) is 0 Å². The molecule has 66 valence electrons. The number of rotatable bonds is 6. The second-order valence-corrected chi connectivity index (χ2v) is 2.38. The maximum absolute atomic E-state index is 11.1. The van der Waals surface area contributed by atoms with Gasteiger partial charge < -0.3 is 9.68 Å². The van der Waals surface area contributed by atoms with Crippen LogP contribution in [0.15, 0.2) is 12.3 Å². The minimum absolute atomic E-state index is 0.140. The minimum Gasteiger partial charge on any atom is -0.378 e. The van der Waals surface area contributed by atoms with Crippen molar-refractivity contribution in [2.24, 2.45) is 0 Å². The first-order valence-corrected chi connectivity index (χ1v) is 3.85. The summed E-state index contributed by atoms with van der Waals surface area (Å²) < 4.78 is 16.4. The summed E-state index contributed by atoms with van der Waals surface area (Å²) in [4.78, 5) is 3.26. The second-order valence-electron chi connectivity index (χ2n) is 2.38. The van der Waals surface area contributed by atoms with Crippen LogP contribution in [0, 0.1) is 0 Å². The molecule has 1 atom stereocenters. The van der Waals surface area contributed by atoms with Crippen molar-refractivity contribution in [1.82, 2.24) is 0 Å². The lowest BCUT2D eigenvalue weighted by Crippen LogP contribution is -2.07. The lowest BCUT2D eigenvalue weighted by molar-refractivity contribution is -0.0625. The Balaban J connectivity index is 3.21. The number of ether oxygens (including phenoxy) is 1. The van der Waals surface area contributed by atoms with Crippen LogP contribution in [-0.2, 0) is 9.68 Å². The van der Waals surface area contributed by atoms with Gasteiger partial charge in [-0.3, -0.25) is 0 Å². The highest BCUT2D eigenvalue weighted by Crippen LogP contribution is 1.99. The van der Waals surface area contributed by atoms with E-state index in [9.17, 15) is 4.53 Å². The maximum Gasteiger partial charge on any atom is 0.132 e. The van der Waals surface area contributed by atoms with Crippen LogP contribution in [-0.4, -0.2) is 12.7 Å². The molecule has 1 unspecified atom stereocenters. The van der Waals surface area contributed by atoms with Gasteiger partial charge in [0.05, 0.1) is 6.10 Å². The van der Waals surface area contributed by atoms with E-state index in [0.717, 1.165) is 19.3 Å². The van der Waals surface area contributed by atoms with Crippen molar-refractivity contribution in [2.75, 3.05) is 6.61 Å². The van der Waals surface area contributed by atoms with Crippen molar-refractivity contribution < 1.29 is 14.2 Å². The third kappa shape index (κ3) is 7.33. The molecule has 0 aromatic carbocycles. The molecule has 0 aromatic heterocycles. The Labute approximate surface area is 66.9 Å². The molecule has 0 bridgehead atoms. The lowest BCUT2D eigenvalue weighted by Gasteiger charge is -2.08. The van der Waals surface area contributed by atoms with Gasteiger partial charge >= 0.3 is 0 Å². The summed E-state index contributed by atoms with van der Waals surface area (Å²) in [5.41, 5.74) is 0. The Kier molecular flexibility index (Phi) is 7.15. The van der Waals surface area contributed by atoms with Crippen molar-refractivity contribution in [3.8, 4) is 0 Å². The molecule has 0 amide bonds. The Hall–Kier alpha value is -0.570. The fourth-order valence-corrected chi connectivity index (χ4v) is 0.671. The van der Waals surface area contributed by atoms with Gasteiger partial charge in [-0.2, -0.15) is 0 Å². The van der Waals surface area contributed by atoms with E-state index in [1.165, 1.54) is 0 Å². The molecule has 2 nitrogen and oxygen atoms in total. The van der Waals surface area contributed by atoms with Crippen LogP contribution >= 0.6 is 0 Å². The minimum atomic E-state index is 0.140. The third-order valence-electron chi connectivity index (χ3n) is 1.22. The van der Waals surface area contributed by atoms with Crippen molar-refractivity contribution >= 4 is 0 Å². The second kappa shape index (κ2) is 7.54. The van der Waals surface area contributed by atoms with Gasteiger partial charge in [0.25, 0.3) is 0 Å². The van der Waals surface area contributed by atoms with E-state index in [1.807, 2.05) is 13.8 Å². The van der Waals surface area contributed by atoms with Crippen LogP contribution < -0.4 is 0 Å². The molecule has 0 radical (unpaired) electrons. The van der Waals surface area contributed by atoms with E-state index >= 15 is 0 Å². The summed E-state index contributed by atoms with van der Waals surface area (Å²) in [6.45, 7) is 4.75. The van der Waals surface area contributed by atoms with Crippen LogP contribution in [0.4, 0.5) is 4.53 Å². The molecule has 0 aliphatic carbocycles. The van der Waals surface area contributed by atoms with E-state index in [1.54, 1.807) is 6.08 Å². The molecule has 0 aliphatic rings. The first kappa shape index (κ1) is 10.4. The Bertz CT molecular complexity index is 104. The molecule has 0 spiro atoms. The standard InChI is InChI=1S/C8H15FO2/c1-3-6-10-8(2)5-4-7-11-9/h4,7-8H,3,5-6H2,1-2H3. The average Bonchev–Trinajstić information content (AvgIpc) is 2.01. The molecular formula is C8H15FO2. The topological polar surface area (TPSA) is 18.5 Å². The molecule has 0 aromatic rings. The fraction of sp³-hybridized carbons (Fsp3) is 0.750. The first-order valence-electron chi connectivity index (χ1n) is 3.85. The first-order chi connectivity index (χ1) is 5.31. The van der Waals surface area contributed by atoms with Crippen molar-refractivity contribution in [1.29, 1.82) is 0 Å².